The second kappa shape index (κ2) is 7.70. The van der Waals surface area contributed by atoms with Gasteiger partial charge in [-0.3, -0.25) is 15.2 Å². The van der Waals surface area contributed by atoms with E-state index in [4.69, 9.17) is 15.3 Å². The Balaban J connectivity index is 1.50. The van der Waals surface area contributed by atoms with Crippen molar-refractivity contribution in [3.05, 3.63) is 77.0 Å². The first kappa shape index (κ1) is 18.0. The topological polar surface area (TPSA) is 86.5 Å². The zero-order valence-electron chi connectivity index (χ0n) is 15.6. The molecule has 6 heteroatoms. The number of aromatic nitrogens is 1. The summed E-state index contributed by atoms with van der Waals surface area (Å²) in [6.07, 6.45) is 2.68. The minimum Gasteiger partial charge on any atom is -0.493 e. The molecule has 3 aromatic rings. The van der Waals surface area contributed by atoms with Gasteiger partial charge in [-0.1, -0.05) is 6.07 Å². The summed E-state index contributed by atoms with van der Waals surface area (Å²) < 4.78 is 11.5. The van der Waals surface area contributed by atoms with Crippen molar-refractivity contribution in [1.82, 2.24) is 10.4 Å². The van der Waals surface area contributed by atoms with E-state index in [9.17, 15) is 4.79 Å². The Labute approximate surface area is 163 Å². The van der Waals surface area contributed by atoms with E-state index in [0.717, 1.165) is 46.9 Å². The third-order valence-corrected chi connectivity index (χ3v) is 4.79. The van der Waals surface area contributed by atoms with Crippen LogP contribution in [0.5, 0.6) is 11.5 Å². The molecular formula is C22H21N3O3. The first-order chi connectivity index (χ1) is 13.6. The third-order valence-electron chi connectivity index (χ3n) is 4.79. The minimum atomic E-state index is -0.307. The summed E-state index contributed by atoms with van der Waals surface area (Å²) in [5, 5.41) is 0. The molecule has 0 radical (unpaired) electrons. The van der Waals surface area contributed by atoms with E-state index in [0.29, 0.717) is 12.2 Å². The lowest BCUT2D eigenvalue weighted by Gasteiger charge is -2.10. The van der Waals surface area contributed by atoms with Crippen molar-refractivity contribution >= 4 is 5.91 Å². The van der Waals surface area contributed by atoms with Crippen molar-refractivity contribution in [3.8, 4) is 22.8 Å². The highest BCUT2D eigenvalue weighted by atomic mass is 16.5. The van der Waals surface area contributed by atoms with Crippen LogP contribution in [0.2, 0.25) is 0 Å². The van der Waals surface area contributed by atoms with E-state index in [1.165, 1.54) is 5.56 Å². The van der Waals surface area contributed by atoms with Gasteiger partial charge in [-0.2, -0.15) is 0 Å². The Morgan fingerprint density at radius 1 is 1.21 bits per heavy atom. The number of amides is 1. The highest BCUT2D eigenvalue weighted by Gasteiger charge is 2.13. The van der Waals surface area contributed by atoms with E-state index >= 15 is 0 Å². The molecule has 0 fully saturated rings. The number of hydrogen-bond donors (Lipinski definition) is 2. The van der Waals surface area contributed by atoms with Gasteiger partial charge in [0.15, 0.2) is 0 Å². The molecule has 6 nitrogen and oxygen atoms in total. The fraction of sp³-hybridized carbons (Fsp3) is 0.182. The summed E-state index contributed by atoms with van der Waals surface area (Å²) in [7, 11) is 0. The number of ether oxygens (including phenoxy) is 2. The van der Waals surface area contributed by atoms with Crippen molar-refractivity contribution in [2.24, 2.45) is 5.84 Å². The zero-order valence-corrected chi connectivity index (χ0v) is 15.6. The smallest absolute Gasteiger partial charge is 0.265 e. The number of pyridine rings is 1. The molecule has 142 valence electrons. The average molecular weight is 375 g/mol. The molecule has 0 aliphatic carbocycles. The number of hydrazine groups is 1. The monoisotopic (exact) mass is 375 g/mol. The largest absolute Gasteiger partial charge is 0.493 e. The molecule has 1 amide bonds. The number of hydrogen-bond acceptors (Lipinski definition) is 5. The van der Waals surface area contributed by atoms with Gasteiger partial charge >= 0.3 is 0 Å². The lowest BCUT2D eigenvalue weighted by Crippen LogP contribution is -2.30. The lowest BCUT2D eigenvalue weighted by atomic mass is 10.0. The van der Waals surface area contributed by atoms with Gasteiger partial charge in [0, 0.05) is 29.3 Å². The Bertz CT molecular complexity index is 1030. The summed E-state index contributed by atoms with van der Waals surface area (Å²) in [5.41, 5.74) is 7.50. The first-order valence-corrected chi connectivity index (χ1v) is 9.09. The van der Waals surface area contributed by atoms with Crippen molar-refractivity contribution in [1.29, 1.82) is 0 Å². The quantitative estimate of drug-likeness (QED) is 0.406. The van der Waals surface area contributed by atoms with E-state index < -0.39 is 0 Å². The molecule has 0 saturated heterocycles. The van der Waals surface area contributed by atoms with Crippen LogP contribution in [0, 0.1) is 6.92 Å². The molecule has 0 unspecified atom stereocenters. The van der Waals surface area contributed by atoms with Gasteiger partial charge < -0.3 is 9.47 Å². The third kappa shape index (κ3) is 3.68. The van der Waals surface area contributed by atoms with Crippen molar-refractivity contribution in [3.63, 3.8) is 0 Å². The van der Waals surface area contributed by atoms with Crippen molar-refractivity contribution < 1.29 is 14.3 Å². The molecule has 3 N–H and O–H groups in total. The normalized spacial score (nSPS) is 12.2. The summed E-state index contributed by atoms with van der Waals surface area (Å²) >= 11 is 0. The molecule has 28 heavy (non-hydrogen) atoms. The average Bonchev–Trinajstić information content (AvgIpc) is 3.19. The van der Waals surface area contributed by atoms with Crippen LogP contribution >= 0.6 is 0 Å². The van der Waals surface area contributed by atoms with Crippen LogP contribution in [-0.2, 0) is 13.0 Å². The van der Waals surface area contributed by atoms with Crippen molar-refractivity contribution in [2.75, 3.05) is 6.61 Å². The van der Waals surface area contributed by atoms with Gasteiger partial charge in [0.1, 0.15) is 18.1 Å². The molecule has 2 heterocycles. The number of nitrogens with zero attached hydrogens (tertiary/aromatic N) is 1. The van der Waals surface area contributed by atoms with Crippen LogP contribution in [0.25, 0.3) is 11.3 Å². The molecule has 1 aromatic heterocycles. The van der Waals surface area contributed by atoms with Gasteiger partial charge in [0.05, 0.1) is 12.3 Å². The predicted octanol–water partition coefficient (Wildman–Crippen LogP) is 3.17. The highest BCUT2D eigenvalue weighted by Crippen LogP contribution is 2.29. The van der Waals surface area contributed by atoms with Crippen molar-refractivity contribution in [2.45, 2.75) is 20.0 Å². The second-order valence-corrected chi connectivity index (χ2v) is 6.71. The lowest BCUT2D eigenvalue weighted by molar-refractivity contribution is 0.0953. The minimum absolute atomic E-state index is 0.307. The van der Waals surface area contributed by atoms with Crippen LogP contribution in [-0.4, -0.2) is 17.5 Å². The van der Waals surface area contributed by atoms with E-state index in [2.05, 4.69) is 10.4 Å². The molecule has 4 rings (SSSR count). The Kier molecular flexibility index (Phi) is 4.95. The van der Waals surface area contributed by atoms with Gasteiger partial charge in [0.25, 0.3) is 5.91 Å². The van der Waals surface area contributed by atoms with Crippen LogP contribution in [0.3, 0.4) is 0 Å². The standard InChI is InChI=1S/C22H21N3O3/c1-14-10-16(2-4-19(14)22(26)25-23)20-11-15(6-8-24-20)13-28-18-3-5-21-17(12-18)7-9-27-21/h2-6,8,10-12H,7,9,13,23H2,1H3,(H,25,26). The number of rotatable bonds is 5. The molecule has 0 saturated carbocycles. The molecule has 0 spiro atoms. The Morgan fingerprint density at radius 2 is 2.11 bits per heavy atom. The number of benzene rings is 2. The molecule has 2 aromatic carbocycles. The Hall–Kier alpha value is -3.38. The number of carbonyl (C=O) groups is 1. The number of nitrogens with two attached hydrogens (primary N) is 1. The molecule has 1 aliphatic rings. The molecular weight excluding hydrogens is 354 g/mol. The second-order valence-electron chi connectivity index (χ2n) is 6.71. The predicted molar refractivity (Wildman–Crippen MR) is 106 cm³/mol. The number of carbonyl (C=O) groups excluding carboxylic acids is 1. The van der Waals surface area contributed by atoms with Crippen LogP contribution < -0.4 is 20.7 Å². The Morgan fingerprint density at radius 3 is 2.93 bits per heavy atom. The maximum absolute atomic E-state index is 11.8. The van der Waals surface area contributed by atoms with Gasteiger partial charge in [-0.25, -0.2) is 5.84 Å². The number of nitrogens with one attached hydrogen (secondary N) is 1. The summed E-state index contributed by atoms with van der Waals surface area (Å²) in [5.74, 6) is 6.69. The fourth-order valence-corrected chi connectivity index (χ4v) is 3.30. The molecule has 0 atom stereocenters. The number of aryl methyl sites for hydroxylation is 1. The molecule has 0 bridgehead atoms. The summed E-state index contributed by atoms with van der Waals surface area (Å²) in [6.45, 7) is 3.05. The van der Waals surface area contributed by atoms with Gasteiger partial charge in [-0.05, 0) is 60.5 Å². The van der Waals surface area contributed by atoms with Crippen LogP contribution in [0.15, 0.2) is 54.7 Å². The maximum atomic E-state index is 11.8. The van der Waals surface area contributed by atoms with Gasteiger partial charge in [-0.15, -0.1) is 0 Å². The number of nitrogen functional groups attached to an aromatic ring is 1. The maximum Gasteiger partial charge on any atom is 0.265 e. The molecule has 1 aliphatic heterocycles. The van der Waals surface area contributed by atoms with E-state index in [1.807, 2.05) is 49.4 Å². The van der Waals surface area contributed by atoms with E-state index in [1.54, 1.807) is 12.3 Å². The van der Waals surface area contributed by atoms with E-state index in [-0.39, 0.29) is 5.91 Å². The summed E-state index contributed by atoms with van der Waals surface area (Å²) in [4.78, 5) is 16.2. The first-order valence-electron chi connectivity index (χ1n) is 9.09. The highest BCUT2D eigenvalue weighted by molar-refractivity contribution is 5.95. The number of fused-ring (bicyclic) bond motifs is 1. The fourth-order valence-electron chi connectivity index (χ4n) is 3.30. The van der Waals surface area contributed by atoms with Crippen LogP contribution in [0.4, 0.5) is 0 Å². The zero-order chi connectivity index (χ0) is 19.5. The van der Waals surface area contributed by atoms with Crippen LogP contribution in [0.1, 0.15) is 27.0 Å². The van der Waals surface area contributed by atoms with Gasteiger partial charge in [0.2, 0.25) is 0 Å². The summed E-state index contributed by atoms with van der Waals surface area (Å²) in [6, 6.07) is 15.4. The SMILES string of the molecule is Cc1cc(-c2cc(COc3ccc4c(c3)CCO4)ccn2)ccc1C(=O)NN.